The van der Waals surface area contributed by atoms with Crippen LogP contribution >= 0.6 is 22.9 Å². The Kier molecular flexibility index (Phi) is 4.48. The molecule has 0 aliphatic carbocycles. The summed E-state index contributed by atoms with van der Waals surface area (Å²) in [7, 11) is 0. The molecule has 0 spiro atoms. The molecule has 2 N–H and O–H groups in total. The molecule has 32 heavy (non-hydrogen) atoms. The average molecular weight is 462 g/mol. The topological polar surface area (TPSA) is 88.6 Å². The number of halogens is 1. The Morgan fingerprint density at radius 3 is 2.88 bits per heavy atom. The highest BCUT2D eigenvalue weighted by Gasteiger charge is 2.23. The molecule has 4 heterocycles. The third-order valence-corrected chi connectivity index (χ3v) is 7.01. The molecule has 9 heteroatoms. The van der Waals surface area contributed by atoms with Gasteiger partial charge in [0.15, 0.2) is 5.82 Å². The van der Waals surface area contributed by atoms with E-state index in [0.29, 0.717) is 23.1 Å². The molecule has 0 radical (unpaired) electrons. The van der Waals surface area contributed by atoms with Crippen LogP contribution in [0.25, 0.3) is 38.0 Å². The summed E-state index contributed by atoms with van der Waals surface area (Å²) < 4.78 is 7.59. The minimum absolute atomic E-state index is 0.329. The second-order valence-electron chi connectivity index (χ2n) is 7.40. The van der Waals surface area contributed by atoms with Crippen molar-refractivity contribution in [1.29, 1.82) is 0 Å². The summed E-state index contributed by atoms with van der Waals surface area (Å²) in [6, 6.07) is 15.5. The standard InChI is InChI=1S/C23H16ClN5O2S/c24-17-3-1-2-4-18(17)29-22(27-28-23(29)30)20-10-14-7-8-31-19-9-13(15-11-25-26-12-15)5-6-16(19)21(14)32-20/h1-6,9-12H,7-8H2,(H,25,26)(H,28,30). The third-order valence-electron chi connectivity index (χ3n) is 5.48. The molecule has 0 fully saturated rings. The van der Waals surface area contributed by atoms with Gasteiger partial charge in [0.05, 0.1) is 28.4 Å². The van der Waals surface area contributed by atoms with Crippen molar-refractivity contribution in [2.24, 2.45) is 0 Å². The van der Waals surface area contributed by atoms with Crippen molar-refractivity contribution in [2.75, 3.05) is 6.61 Å². The predicted molar refractivity (Wildman–Crippen MR) is 125 cm³/mol. The van der Waals surface area contributed by atoms with Gasteiger partial charge in [-0.25, -0.2) is 14.5 Å². The summed E-state index contributed by atoms with van der Waals surface area (Å²) in [5.74, 6) is 1.38. The largest absolute Gasteiger partial charge is 0.493 e. The molecule has 5 aromatic rings. The zero-order chi connectivity index (χ0) is 21.7. The van der Waals surface area contributed by atoms with Gasteiger partial charge >= 0.3 is 5.69 Å². The lowest BCUT2D eigenvalue weighted by molar-refractivity contribution is 0.326. The highest BCUT2D eigenvalue weighted by Crippen LogP contribution is 2.44. The van der Waals surface area contributed by atoms with E-state index in [1.54, 1.807) is 23.6 Å². The Hall–Kier alpha value is -3.62. The lowest BCUT2D eigenvalue weighted by atomic mass is 10.0. The number of H-pyrrole nitrogens is 2. The molecule has 0 saturated heterocycles. The summed E-state index contributed by atoms with van der Waals surface area (Å²) >= 11 is 7.96. The average Bonchev–Trinajstić information content (AvgIpc) is 3.53. The number of benzene rings is 2. The zero-order valence-electron chi connectivity index (χ0n) is 16.6. The van der Waals surface area contributed by atoms with E-state index in [9.17, 15) is 4.79 Å². The molecule has 0 saturated carbocycles. The molecular weight excluding hydrogens is 446 g/mol. The number of hydrogen-bond acceptors (Lipinski definition) is 5. The van der Waals surface area contributed by atoms with Crippen molar-refractivity contribution in [3.05, 3.63) is 82.0 Å². The second-order valence-corrected chi connectivity index (χ2v) is 8.86. The summed E-state index contributed by atoms with van der Waals surface area (Å²) in [6.07, 6.45) is 4.42. The zero-order valence-corrected chi connectivity index (χ0v) is 18.2. The maximum atomic E-state index is 12.6. The van der Waals surface area contributed by atoms with Gasteiger partial charge in [-0.05, 0) is 41.5 Å². The Morgan fingerprint density at radius 1 is 1.12 bits per heavy atom. The van der Waals surface area contributed by atoms with Crippen molar-refractivity contribution in [3.8, 4) is 43.7 Å². The van der Waals surface area contributed by atoms with E-state index in [2.05, 4.69) is 38.6 Å². The van der Waals surface area contributed by atoms with Crippen LogP contribution in [0.5, 0.6) is 5.75 Å². The Labute approximate surface area is 191 Å². The molecule has 6 rings (SSSR count). The van der Waals surface area contributed by atoms with Crippen LogP contribution in [0.15, 0.2) is 65.7 Å². The van der Waals surface area contributed by atoms with Crippen LogP contribution in [0.3, 0.4) is 0 Å². The van der Waals surface area contributed by atoms with Gasteiger partial charge in [0.25, 0.3) is 0 Å². The lowest BCUT2D eigenvalue weighted by Crippen LogP contribution is -2.15. The maximum absolute atomic E-state index is 12.6. The molecule has 0 atom stereocenters. The smallest absolute Gasteiger partial charge is 0.348 e. The first kappa shape index (κ1) is 19.1. The van der Waals surface area contributed by atoms with Gasteiger partial charge < -0.3 is 4.74 Å². The molecule has 1 aliphatic rings. The van der Waals surface area contributed by atoms with E-state index < -0.39 is 0 Å². The van der Waals surface area contributed by atoms with Crippen LogP contribution in [0.2, 0.25) is 5.02 Å². The first-order valence-electron chi connectivity index (χ1n) is 10.0. The van der Waals surface area contributed by atoms with Gasteiger partial charge in [-0.15, -0.1) is 11.3 Å². The number of rotatable bonds is 3. The summed E-state index contributed by atoms with van der Waals surface area (Å²) in [4.78, 5) is 14.6. The fourth-order valence-corrected chi connectivity index (χ4v) is 5.40. The minimum Gasteiger partial charge on any atom is -0.493 e. The number of aromatic nitrogens is 5. The number of para-hydroxylation sites is 1. The second kappa shape index (κ2) is 7.51. The molecule has 3 aromatic heterocycles. The number of aromatic amines is 2. The predicted octanol–water partition coefficient (Wildman–Crippen LogP) is 4.93. The molecule has 2 aromatic carbocycles. The van der Waals surface area contributed by atoms with E-state index in [1.165, 1.54) is 10.1 Å². The van der Waals surface area contributed by atoms with Crippen LogP contribution in [0, 0.1) is 0 Å². The van der Waals surface area contributed by atoms with Crippen LogP contribution in [-0.4, -0.2) is 31.6 Å². The van der Waals surface area contributed by atoms with E-state index in [1.807, 2.05) is 30.5 Å². The SMILES string of the molecule is O=c1[nH]nc(-c2cc3c(s2)-c2ccc(-c4cn[nH]c4)cc2OCC3)n1-c1ccccc1Cl. The van der Waals surface area contributed by atoms with E-state index in [-0.39, 0.29) is 5.69 Å². The monoisotopic (exact) mass is 461 g/mol. The lowest BCUT2D eigenvalue weighted by Gasteiger charge is -2.09. The highest BCUT2D eigenvalue weighted by atomic mass is 35.5. The number of ether oxygens (including phenoxy) is 1. The van der Waals surface area contributed by atoms with Crippen LogP contribution in [0.4, 0.5) is 0 Å². The molecule has 0 amide bonds. The van der Waals surface area contributed by atoms with E-state index in [4.69, 9.17) is 16.3 Å². The molecule has 0 unspecified atom stereocenters. The summed E-state index contributed by atoms with van der Waals surface area (Å²) in [5, 5.41) is 14.2. The van der Waals surface area contributed by atoms with Crippen molar-refractivity contribution < 1.29 is 4.74 Å². The van der Waals surface area contributed by atoms with Gasteiger partial charge in [-0.3, -0.25) is 5.10 Å². The molecular formula is C23H16ClN5O2S. The highest BCUT2D eigenvalue weighted by molar-refractivity contribution is 7.19. The number of nitrogens with one attached hydrogen (secondary N) is 2. The van der Waals surface area contributed by atoms with E-state index >= 15 is 0 Å². The number of hydrogen-bond donors (Lipinski definition) is 2. The minimum atomic E-state index is -0.329. The maximum Gasteiger partial charge on any atom is 0.348 e. The number of nitrogens with zero attached hydrogens (tertiary/aromatic N) is 3. The van der Waals surface area contributed by atoms with Crippen LogP contribution < -0.4 is 10.4 Å². The van der Waals surface area contributed by atoms with E-state index in [0.717, 1.165) is 38.6 Å². The van der Waals surface area contributed by atoms with Gasteiger partial charge in [0.2, 0.25) is 0 Å². The Bertz CT molecular complexity index is 1500. The molecule has 158 valence electrons. The number of thiophene rings is 1. The fourth-order valence-electron chi connectivity index (χ4n) is 3.96. The van der Waals surface area contributed by atoms with Crippen molar-refractivity contribution in [1.82, 2.24) is 25.0 Å². The van der Waals surface area contributed by atoms with Crippen LogP contribution in [0.1, 0.15) is 5.56 Å². The molecule has 1 aliphatic heterocycles. The summed E-state index contributed by atoms with van der Waals surface area (Å²) in [6.45, 7) is 0.572. The van der Waals surface area contributed by atoms with Crippen molar-refractivity contribution in [3.63, 3.8) is 0 Å². The van der Waals surface area contributed by atoms with Crippen LogP contribution in [-0.2, 0) is 6.42 Å². The Morgan fingerprint density at radius 2 is 2.03 bits per heavy atom. The molecule has 0 bridgehead atoms. The molecule has 7 nitrogen and oxygen atoms in total. The third kappa shape index (κ3) is 3.07. The first-order valence-corrected chi connectivity index (χ1v) is 11.2. The van der Waals surface area contributed by atoms with Gasteiger partial charge in [-0.2, -0.15) is 10.2 Å². The van der Waals surface area contributed by atoms with Crippen molar-refractivity contribution in [2.45, 2.75) is 6.42 Å². The van der Waals surface area contributed by atoms with Gasteiger partial charge in [0, 0.05) is 28.6 Å². The number of fused-ring (bicyclic) bond motifs is 3. The fraction of sp³-hybridized carbons (Fsp3) is 0.0870. The Balaban J connectivity index is 1.48. The van der Waals surface area contributed by atoms with Gasteiger partial charge in [0.1, 0.15) is 5.75 Å². The van der Waals surface area contributed by atoms with Crippen molar-refractivity contribution >= 4 is 22.9 Å². The van der Waals surface area contributed by atoms with Gasteiger partial charge in [-0.1, -0.05) is 29.8 Å². The first-order chi connectivity index (χ1) is 15.7. The summed E-state index contributed by atoms with van der Waals surface area (Å²) in [5.41, 5.74) is 4.51. The quantitative estimate of drug-likeness (QED) is 0.398. The normalized spacial score (nSPS) is 12.7.